The summed E-state index contributed by atoms with van der Waals surface area (Å²) >= 11 is 0. The first-order valence-electron chi connectivity index (χ1n) is 8.12. The number of anilines is 2. The zero-order chi connectivity index (χ0) is 17.6. The Morgan fingerprint density at radius 2 is 2.12 bits per heavy atom. The number of rotatable bonds is 5. The van der Waals surface area contributed by atoms with E-state index in [4.69, 9.17) is 4.74 Å². The van der Waals surface area contributed by atoms with Gasteiger partial charge < -0.3 is 20.7 Å². The van der Waals surface area contributed by atoms with E-state index in [0.29, 0.717) is 35.8 Å². The molecule has 0 spiro atoms. The summed E-state index contributed by atoms with van der Waals surface area (Å²) in [6.07, 6.45) is 3.07. The lowest BCUT2D eigenvalue weighted by Crippen LogP contribution is -2.50. The number of carbonyl (C=O) groups is 2. The Kier molecular flexibility index (Phi) is 5.13. The van der Waals surface area contributed by atoms with Gasteiger partial charge >= 0.3 is 0 Å². The van der Waals surface area contributed by atoms with Crippen molar-refractivity contribution in [3.63, 3.8) is 0 Å². The number of amides is 2. The summed E-state index contributed by atoms with van der Waals surface area (Å²) in [6, 6.07) is 10.2. The highest BCUT2D eigenvalue weighted by molar-refractivity contribution is 6.01. The smallest absolute Gasteiger partial charge is 0.255 e. The van der Waals surface area contributed by atoms with Crippen LogP contribution in [0.1, 0.15) is 23.2 Å². The number of nitrogens with zero attached hydrogens (tertiary/aromatic N) is 1. The first-order valence-corrected chi connectivity index (χ1v) is 8.12. The molecule has 0 radical (unpaired) electrons. The van der Waals surface area contributed by atoms with Gasteiger partial charge in [-0.1, -0.05) is 12.1 Å². The van der Waals surface area contributed by atoms with Gasteiger partial charge in [0.2, 0.25) is 5.91 Å². The van der Waals surface area contributed by atoms with E-state index in [1.165, 1.54) is 0 Å². The Balaban J connectivity index is 1.80. The topological polar surface area (TPSA) is 92.3 Å². The minimum atomic E-state index is -0.513. The van der Waals surface area contributed by atoms with Crippen LogP contribution >= 0.6 is 0 Å². The molecule has 2 aromatic rings. The second kappa shape index (κ2) is 7.65. The molecule has 7 heteroatoms. The van der Waals surface area contributed by atoms with Crippen molar-refractivity contribution in [2.45, 2.75) is 18.9 Å². The average molecular weight is 340 g/mol. The molecule has 3 N–H and O–H groups in total. The van der Waals surface area contributed by atoms with Crippen LogP contribution in [0.5, 0.6) is 5.75 Å². The van der Waals surface area contributed by atoms with Crippen LogP contribution in [-0.2, 0) is 4.79 Å². The van der Waals surface area contributed by atoms with Gasteiger partial charge in [0.1, 0.15) is 17.6 Å². The Morgan fingerprint density at radius 1 is 1.28 bits per heavy atom. The van der Waals surface area contributed by atoms with Gasteiger partial charge in [-0.05, 0) is 37.1 Å². The summed E-state index contributed by atoms with van der Waals surface area (Å²) in [6.45, 7) is 0.651. The quantitative estimate of drug-likeness (QED) is 0.772. The van der Waals surface area contributed by atoms with E-state index in [2.05, 4.69) is 20.9 Å². The van der Waals surface area contributed by atoms with E-state index in [1.54, 1.807) is 25.4 Å². The number of ether oxygens (including phenoxy) is 1. The Morgan fingerprint density at radius 3 is 2.92 bits per heavy atom. The molecule has 0 aliphatic carbocycles. The molecule has 1 saturated heterocycles. The number of aromatic nitrogens is 1. The number of methoxy groups -OCH3 is 1. The highest BCUT2D eigenvalue weighted by Crippen LogP contribution is 2.27. The molecule has 2 heterocycles. The lowest BCUT2D eigenvalue weighted by Gasteiger charge is -2.23. The largest absolute Gasteiger partial charge is 0.495 e. The van der Waals surface area contributed by atoms with Gasteiger partial charge in [0.05, 0.1) is 18.4 Å². The molecule has 0 saturated carbocycles. The number of pyridine rings is 1. The lowest BCUT2D eigenvalue weighted by atomic mass is 10.1. The maximum atomic E-state index is 12.6. The van der Waals surface area contributed by atoms with E-state index >= 15 is 0 Å². The highest BCUT2D eigenvalue weighted by Gasteiger charge is 2.25. The van der Waals surface area contributed by atoms with E-state index < -0.39 is 6.04 Å². The summed E-state index contributed by atoms with van der Waals surface area (Å²) in [5, 5.41) is 8.66. The molecule has 130 valence electrons. The third-order valence-corrected chi connectivity index (χ3v) is 4.00. The maximum Gasteiger partial charge on any atom is 0.255 e. The van der Waals surface area contributed by atoms with Crippen molar-refractivity contribution >= 4 is 23.3 Å². The third-order valence-electron chi connectivity index (χ3n) is 4.00. The molecule has 25 heavy (non-hydrogen) atoms. The number of hydrogen-bond donors (Lipinski definition) is 3. The molecular formula is C18H20N4O3. The van der Waals surface area contributed by atoms with Crippen LogP contribution in [0.3, 0.4) is 0 Å². The molecule has 0 bridgehead atoms. The second-order valence-electron chi connectivity index (χ2n) is 5.68. The van der Waals surface area contributed by atoms with Crippen LogP contribution in [0.25, 0.3) is 0 Å². The Labute approximate surface area is 145 Å². The van der Waals surface area contributed by atoms with Crippen molar-refractivity contribution in [1.29, 1.82) is 0 Å². The standard InChI is InChI=1S/C18H20N4O3/c1-25-15-9-3-2-7-13(15)21-16-12(6-4-10-19-16)17(23)22-14-8-5-11-20-18(14)24/h2-4,6-7,9-10,14H,5,8,11H2,1H3,(H,19,21)(H,20,24)(H,22,23)/t14-/m0/s1. The molecule has 7 nitrogen and oxygen atoms in total. The van der Waals surface area contributed by atoms with Gasteiger partial charge in [0.25, 0.3) is 5.91 Å². The molecule has 1 atom stereocenters. The fourth-order valence-electron chi connectivity index (χ4n) is 2.71. The first kappa shape index (κ1) is 16.8. The average Bonchev–Trinajstić information content (AvgIpc) is 2.64. The number of nitrogens with one attached hydrogen (secondary N) is 3. The van der Waals surface area contributed by atoms with Crippen molar-refractivity contribution in [2.75, 3.05) is 19.0 Å². The first-order chi connectivity index (χ1) is 12.2. The maximum absolute atomic E-state index is 12.6. The minimum absolute atomic E-state index is 0.150. The molecule has 3 rings (SSSR count). The molecule has 1 fully saturated rings. The van der Waals surface area contributed by atoms with Crippen molar-refractivity contribution in [1.82, 2.24) is 15.6 Å². The van der Waals surface area contributed by atoms with Crippen LogP contribution < -0.4 is 20.7 Å². The molecule has 2 amide bonds. The molecule has 1 aliphatic rings. The molecule has 0 unspecified atom stereocenters. The minimum Gasteiger partial charge on any atom is -0.495 e. The van der Waals surface area contributed by atoms with E-state index in [-0.39, 0.29) is 11.8 Å². The summed E-state index contributed by atoms with van der Waals surface area (Å²) < 4.78 is 5.31. The summed E-state index contributed by atoms with van der Waals surface area (Å²) in [7, 11) is 1.58. The highest BCUT2D eigenvalue weighted by atomic mass is 16.5. The molecular weight excluding hydrogens is 320 g/mol. The Hall–Kier alpha value is -3.09. The van der Waals surface area contributed by atoms with Crippen LogP contribution in [0.15, 0.2) is 42.6 Å². The summed E-state index contributed by atoms with van der Waals surface area (Å²) in [5.74, 6) is 0.558. The van der Waals surface area contributed by atoms with Crippen LogP contribution in [0, 0.1) is 0 Å². The third kappa shape index (κ3) is 3.88. The fourth-order valence-corrected chi connectivity index (χ4v) is 2.71. The normalized spacial score (nSPS) is 16.7. The summed E-state index contributed by atoms with van der Waals surface area (Å²) in [4.78, 5) is 28.7. The zero-order valence-corrected chi connectivity index (χ0v) is 13.9. The number of benzene rings is 1. The van der Waals surface area contributed by atoms with Gasteiger partial charge in [-0.2, -0.15) is 0 Å². The van der Waals surface area contributed by atoms with Crippen molar-refractivity contribution in [3.8, 4) is 5.75 Å². The van der Waals surface area contributed by atoms with Crippen LogP contribution in [0.4, 0.5) is 11.5 Å². The molecule has 1 aromatic carbocycles. The van der Waals surface area contributed by atoms with Crippen molar-refractivity contribution in [3.05, 3.63) is 48.2 Å². The zero-order valence-electron chi connectivity index (χ0n) is 13.9. The van der Waals surface area contributed by atoms with Gasteiger partial charge in [-0.15, -0.1) is 0 Å². The Bertz CT molecular complexity index is 778. The predicted octanol–water partition coefficient (Wildman–Crippen LogP) is 1.84. The van der Waals surface area contributed by atoms with E-state index in [1.807, 2.05) is 24.3 Å². The molecule has 1 aliphatic heterocycles. The number of carbonyl (C=O) groups excluding carboxylic acids is 2. The van der Waals surface area contributed by atoms with E-state index in [0.717, 1.165) is 6.42 Å². The van der Waals surface area contributed by atoms with Gasteiger partial charge in [-0.3, -0.25) is 9.59 Å². The van der Waals surface area contributed by atoms with E-state index in [9.17, 15) is 9.59 Å². The van der Waals surface area contributed by atoms with Crippen LogP contribution in [-0.4, -0.2) is 36.5 Å². The van der Waals surface area contributed by atoms with Crippen LogP contribution in [0.2, 0.25) is 0 Å². The second-order valence-corrected chi connectivity index (χ2v) is 5.68. The fraction of sp³-hybridized carbons (Fsp3) is 0.278. The molecule has 1 aromatic heterocycles. The van der Waals surface area contributed by atoms with Gasteiger partial charge in [0.15, 0.2) is 0 Å². The van der Waals surface area contributed by atoms with Crippen molar-refractivity contribution in [2.24, 2.45) is 0 Å². The number of piperidine rings is 1. The summed E-state index contributed by atoms with van der Waals surface area (Å²) in [5.41, 5.74) is 1.07. The number of para-hydroxylation sites is 2. The predicted molar refractivity (Wildman–Crippen MR) is 94.0 cm³/mol. The lowest BCUT2D eigenvalue weighted by molar-refractivity contribution is -0.124. The van der Waals surface area contributed by atoms with Gasteiger partial charge in [0, 0.05) is 12.7 Å². The SMILES string of the molecule is COc1ccccc1Nc1ncccc1C(=O)N[C@H]1CCCNC1=O. The van der Waals surface area contributed by atoms with Gasteiger partial charge in [-0.25, -0.2) is 4.98 Å². The number of hydrogen-bond acceptors (Lipinski definition) is 5. The van der Waals surface area contributed by atoms with Crippen molar-refractivity contribution < 1.29 is 14.3 Å². The monoisotopic (exact) mass is 340 g/mol.